The Bertz CT molecular complexity index is 3140. The first-order valence-corrected chi connectivity index (χ1v) is 18.4. The van der Waals surface area contributed by atoms with Crippen LogP contribution in [0.25, 0.3) is 81.9 Å². The van der Waals surface area contributed by atoms with Gasteiger partial charge in [-0.2, -0.15) is 0 Å². The van der Waals surface area contributed by atoms with E-state index in [2.05, 4.69) is 204 Å². The van der Waals surface area contributed by atoms with Crippen LogP contribution in [0.15, 0.2) is 194 Å². The van der Waals surface area contributed by atoms with E-state index in [1.807, 2.05) is 0 Å². The first kappa shape index (κ1) is 29.8. The van der Waals surface area contributed by atoms with Gasteiger partial charge in [-0.25, -0.2) is 0 Å². The Morgan fingerprint density at radius 1 is 0.434 bits per heavy atom. The van der Waals surface area contributed by atoms with Crippen molar-refractivity contribution < 1.29 is 0 Å². The highest BCUT2D eigenvalue weighted by atomic mass is 15.0. The van der Waals surface area contributed by atoms with Crippen LogP contribution in [0.5, 0.6) is 0 Å². The fraction of sp³-hybridized carbons (Fsp3) is 0.0196. The van der Waals surface area contributed by atoms with Gasteiger partial charge in [0.05, 0.1) is 17.1 Å². The van der Waals surface area contributed by atoms with E-state index in [1.165, 1.54) is 87.2 Å². The lowest BCUT2D eigenvalue weighted by atomic mass is 9.92. The molecule has 1 aromatic heterocycles. The van der Waals surface area contributed by atoms with Gasteiger partial charge in [0.1, 0.15) is 0 Å². The molecule has 2 heteroatoms. The van der Waals surface area contributed by atoms with Gasteiger partial charge in [0.15, 0.2) is 0 Å². The normalized spacial score (nSPS) is 14.6. The number of hydrogen-bond acceptors (Lipinski definition) is 1. The van der Waals surface area contributed by atoms with Crippen LogP contribution in [0.2, 0.25) is 0 Å². The number of benzene rings is 9. The van der Waals surface area contributed by atoms with Crippen LogP contribution in [0.4, 0.5) is 0 Å². The minimum Gasteiger partial charge on any atom is -0.374 e. The predicted octanol–water partition coefficient (Wildman–Crippen LogP) is 13.2. The molecule has 2 nitrogen and oxygen atoms in total. The summed E-state index contributed by atoms with van der Waals surface area (Å²) in [6.07, 6.45) is 4.67. The molecule has 1 aliphatic heterocycles. The molecule has 248 valence electrons. The third-order valence-corrected chi connectivity index (χ3v) is 11.1. The number of fused-ring (bicyclic) bond motifs is 11. The van der Waals surface area contributed by atoms with E-state index in [0.29, 0.717) is 0 Å². The van der Waals surface area contributed by atoms with Crippen LogP contribution < -0.4 is 5.32 Å². The van der Waals surface area contributed by atoms with Crippen LogP contribution in [-0.2, 0) is 0 Å². The Morgan fingerprint density at radius 2 is 1.13 bits per heavy atom. The molecule has 0 fully saturated rings. The van der Waals surface area contributed by atoms with Crippen LogP contribution in [0.1, 0.15) is 22.7 Å². The second-order valence-electron chi connectivity index (χ2n) is 14.2. The SMILES string of the molecule is C1=C(c2ccccc2)C=C(c2ccc3ccccc3c2)NC1c1cccc(-n2c3ccccc3c3c4c5ccccc5ccc4c4ccccc4c32)c1. The molecule has 0 amide bonds. The molecule has 9 aromatic carbocycles. The third kappa shape index (κ3) is 4.73. The van der Waals surface area contributed by atoms with Gasteiger partial charge in [0.2, 0.25) is 0 Å². The van der Waals surface area contributed by atoms with Crippen molar-refractivity contribution in [3.8, 4) is 5.69 Å². The number of nitrogens with zero attached hydrogens (tertiary/aromatic N) is 1. The molecule has 1 atom stereocenters. The van der Waals surface area contributed by atoms with E-state index in [-0.39, 0.29) is 6.04 Å². The zero-order chi connectivity index (χ0) is 34.9. The molecule has 0 spiro atoms. The number of rotatable bonds is 4. The standard InChI is InChI=1S/C51H34N2/c1-2-13-33(14-3-1)39-31-46(52-47(32-39)38-26-25-34-15-4-5-17-36(34)29-38)37-18-12-19-40(30-37)53-48-24-11-10-23-45(48)50-49-41-20-7-6-16-35(41)27-28-43(49)42-21-8-9-22-44(42)51(50)53/h1-32,46,52H. The van der Waals surface area contributed by atoms with Gasteiger partial charge >= 0.3 is 0 Å². The number of hydrogen-bond donors (Lipinski definition) is 1. The lowest BCUT2D eigenvalue weighted by Crippen LogP contribution is -2.22. The number of dihydropyridines is 1. The molecule has 0 radical (unpaired) electrons. The number of nitrogens with one attached hydrogen (secondary N) is 1. The zero-order valence-electron chi connectivity index (χ0n) is 29.0. The topological polar surface area (TPSA) is 17.0 Å². The predicted molar refractivity (Wildman–Crippen MR) is 226 cm³/mol. The van der Waals surface area contributed by atoms with Crippen molar-refractivity contribution in [1.29, 1.82) is 0 Å². The van der Waals surface area contributed by atoms with Gasteiger partial charge in [-0.3, -0.25) is 0 Å². The Morgan fingerprint density at radius 3 is 2.00 bits per heavy atom. The van der Waals surface area contributed by atoms with Gasteiger partial charge < -0.3 is 9.88 Å². The quantitative estimate of drug-likeness (QED) is 0.184. The molecule has 1 unspecified atom stereocenters. The van der Waals surface area contributed by atoms with E-state index in [9.17, 15) is 0 Å². The molecule has 2 heterocycles. The van der Waals surface area contributed by atoms with Crippen LogP contribution in [0.3, 0.4) is 0 Å². The molecule has 10 aromatic rings. The third-order valence-electron chi connectivity index (χ3n) is 11.1. The van der Waals surface area contributed by atoms with Crippen molar-refractivity contribution in [3.63, 3.8) is 0 Å². The van der Waals surface area contributed by atoms with Gasteiger partial charge in [0.25, 0.3) is 0 Å². The van der Waals surface area contributed by atoms with Crippen LogP contribution in [0, 0.1) is 0 Å². The van der Waals surface area contributed by atoms with Crippen LogP contribution >= 0.6 is 0 Å². The van der Waals surface area contributed by atoms with E-state index in [0.717, 1.165) is 11.4 Å². The molecule has 0 saturated heterocycles. The van der Waals surface area contributed by atoms with Gasteiger partial charge in [-0.15, -0.1) is 0 Å². The summed E-state index contributed by atoms with van der Waals surface area (Å²) in [4.78, 5) is 0. The fourth-order valence-electron chi connectivity index (χ4n) is 8.71. The van der Waals surface area contributed by atoms with E-state index in [1.54, 1.807) is 0 Å². The van der Waals surface area contributed by atoms with E-state index >= 15 is 0 Å². The van der Waals surface area contributed by atoms with Crippen molar-refractivity contribution in [2.24, 2.45) is 0 Å². The van der Waals surface area contributed by atoms with Gasteiger partial charge in [-0.05, 0) is 91.0 Å². The summed E-state index contributed by atoms with van der Waals surface area (Å²) >= 11 is 0. The average Bonchev–Trinajstić information content (AvgIpc) is 3.59. The van der Waals surface area contributed by atoms with E-state index in [4.69, 9.17) is 0 Å². The summed E-state index contributed by atoms with van der Waals surface area (Å²) in [6.45, 7) is 0. The molecule has 0 saturated carbocycles. The summed E-state index contributed by atoms with van der Waals surface area (Å²) < 4.78 is 2.50. The lowest BCUT2D eigenvalue weighted by Gasteiger charge is -2.26. The van der Waals surface area contributed by atoms with Crippen LogP contribution in [-0.4, -0.2) is 4.57 Å². The van der Waals surface area contributed by atoms with Crippen molar-refractivity contribution in [1.82, 2.24) is 9.88 Å². The highest BCUT2D eigenvalue weighted by Gasteiger charge is 2.22. The lowest BCUT2D eigenvalue weighted by molar-refractivity contribution is 0.766. The first-order chi connectivity index (χ1) is 26.3. The Hall–Kier alpha value is -6.90. The second-order valence-corrected chi connectivity index (χ2v) is 14.2. The maximum Gasteiger partial charge on any atom is 0.0707 e. The largest absolute Gasteiger partial charge is 0.374 e. The summed E-state index contributed by atoms with van der Waals surface area (Å²) in [5.41, 5.74) is 9.54. The maximum absolute atomic E-state index is 3.95. The number of para-hydroxylation sites is 1. The Kier molecular flexibility index (Phi) is 6.65. The Labute approximate surface area is 307 Å². The minimum atomic E-state index is -0.0359. The fourth-order valence-corrected chi connectivity index (χ4v) is 8.71. The maximum atomic E-state index is 3.95. The summed E-state index contributed by atoms with van der Waals surface area (Å²) in [5.74, 6) is 0. The Balaban J connectivity index is 1.14. The number of aromatic nitrogens is 1. The summed E-state index contributed by atoms with van der Waals surface area (Å²) in [5, 5.41) is 16.7. The molecular weight excluding hydrogens is 641 g/mol. The summed E-state index contributed by atoms with van der Waals surface area (Å²) in [7, 11) is 0. The van der Waals surface area contributed by atoms with Crippen molar-refractivity contribution in [2.45, 2.75) is 6.04 Å². The average molecular weight is 675 g/mol. The highest BCUT2D eigenvalue weighted by molar-refractivity contribution is 6.36. The van der Waals surface area contributed by atoms with Crippen molar-refractivity contribution >= 4 is 76.2 Å². The first-order valence-electron chi connectivity index (χ1n) is 18.4. The van der Waals surface area contributed by atoms with Crippen molar-refractivity contribution in [3.05, 3.63) is 211 Å². The molecule has 53 heavy (non-hydrogen) atoms. The molecule has 1 N–H and O–H groups in total. The number of allylic oxidation sites excluding steroid dienone is 2. The van der Waals surface area contributed by atoms with E-state index < -0.39 is 0 Å². The highest BCUT2D eigenvalue weighted by Crippen LogP contribution is 2.45. The molecule has 0 bridgehead atoms. The monoisotopic (exact) mass is 674 g/mol. The van der Waals surface area contributed by atoms with Gasteiger partial charge in [-0.1, -0.05) is 158 Å². The minimum absolute atomic E-state index is 0.0359. The molecule has 11 rings (SSSR count). The smallest absolute Gasteiger partial charge is 0.0707 e. The second kappa shape index (κ2) is 11.8. The zero-order valence-corrected chi connectivity index (χ0v) is 29.0. The molecular formula is C51H34N2. The molecule has 0 aliphatic carbocycles. The van der Waals surface area contributed by atoms with Crippen molar-refractivity contribution in [2.75, 3.05) is 0 Å². The van der Waals surface area contributed by atoms with Gasteiger partial charge in [0, 0.05) is 32.9 Å². The summed E-state index contributed by atoms with van der Waals surface area (Å²) in [6, 6.07) is 66.4. The molecule has 1 aliphatic rings.